The van der Waals surface area contributed by atoms with Crippen LogP contribution < -0.4 is 0 Å². The van der Waals surface area contributed by atoms with E-state index in [-0.39, 0.29) is 12.1 Å². The van der Waals surface area contributed by atoms with Crippen molar-refractivity contribution < 1.29 is 14.7 Å². The molecule has 0 aromatic heterocycles. The zero-order valence-electron chi connectivity index (χ0n) is 13.5. The van der Waals surface area contributed by atoms with Gasteiger partial charge in [0.2, 0.25) is 0 Å². The topological polar surface area (TPSA) is 60.9 Å². The van der Waals surface area contributed by atoms with Crippen LogP contribution in [0.15, 0.2) is 0 Å². The molecule has 120 valence electrons. The fourth-order valence-electron chi connectivity index (χ4n) is 4.01. The van der Waals surface area contributed by atoms with Crippen LogP contribution in [0.3, 0.4) is 0 Å². The van der Waals surface area contributed by atoms with Crippen molar-refractivity contribution in [2.24, 2.45) is 11.3 Å². The maximum Gasteiger partial charge on any atom is 0.320 e. The number of hydrogen-bond donors (Lipinski definition) is 1. The molecule has 2 aliphatic rings. The maximum atomic E-state index is 12.7. The number of carbonyl (C=O) groups is 2. The summed E-state index contributed by atoms with van der Waals surface area (Å²) in [6, 6.07) is 0.299. The number of urea groups is 1. The van der Waals surface area contributed by atoms with Crippen LogP contribution in [0.5, 0.6) is 0 Å². The fourth-order valence-corrected chi connectivity index (χ4v) is 4.01. The van der Waals surface area contributed by atoms with E-state index in [2.05, 4.69) is 13.8 Å². The van der Waals surface area contributed by atoms with Crippen LogP contribution >= 0.6 is 0 Å². The minimum absolute atomic E-state index is 0.0354. The van der Waals surface area contributed by atoms with Crippen LogP contribution in [0, 0.1) is 11.3 Å². The summed E-state index contributed by atoms with van der Waals surface area (Å²) in [6.07, 6.45) is 4.00. The SMILES string of the molecule is CCCC1(C(=O)O)CCCN(C(=O)N2CC(C)CC2C)C1. The normalized spacial score (nSPS) is 33.3. The van der Waals surface area contributed by atoms with Crippen molar-refractivity contribution in [3.05, 3.63) is 0 Å². The van der Waals surface area contributed by atoms with Gasteiger partial charge >= 0.3 is 12.0 Å². The first-order valence-electron chi connectivity index (χ1n) is 8.18. The molecule has 1 N–H and O–H groups in total. The summed E-state index contributed by atoms with van der Waals surface area (Å²) in [5, 5.41) is 9.63. The van der Waals surface area contributed by atoms with E-state index < -0.39 is 11.4 Å². The van der Waals surface area contributed by atoms with Gasteiger partial charge in [0.15, 0.2) is 0 Å². The molecule has 2 rings (SSSR count). The molecular formula is C16H28N2O3. The summed E-state index contributed by atoms with van der Waals surface area (Å²) in [5.41, 5.74) is -0.739. The molecule has 0 aromatic rings. The van der Waals surface area contributed by atoms with Crippen LogP contribution in [-0.4, -0.2) is 52.6 Å². The zero-order chi connectivity index (χ0) is 15.6. The second-order valence-corrected chi connectivity index (χ2v) is 6.99. The summed E-state index contributed by atoms with van der Waals surface area (Å²) < 4.78 is 0. The molecule has 2 heterocycles. The molecule has 2 amide bonds. The third kappa shape index (κ3) is 3.16. The van der Waals surface area contributed by atoms with Gasteiger partial charge in [0, 0.05) is 25.7 Å². The zero-order valence-corrected chi connectivity index (χ0v) is 13.5. The van der Waals surface area contributed by atoms with E-state index in [1.165, 1.54) is 0 Å². The molecule has 0 aromatic carbocycles. The lowest BCUT2D eigenvalue weighted by atomic mass is 9.76. The molecule has 5 heteroatoms. The van der Waals surface area contributed by atoms with Crippen molar-refractivity contribution in [3.63, 3.8) is 0 Å². The molecular weight excluding hydrogens is 268 g/mol. The summed E-state index contributed by atoms with van der Waals surface area (Å²) in [7, 11) is 0. The van der Waals surface area contributed by atoms with E-state index in [1.807, 2.05) is 11.8 Å². The number of carboxylic acid groups (broad SMARTS) is 1. The molecule has 3 atom stereocenters. The van der Waals surface area contributed by atoms with Gasteiger partial charge in [-0.05, 0) is 38.5 Å². The van der Waals surface area contributed by atoms with Gasteiger partial charge in [-0.1, -0.05) is 20.3 Å². The molecule has 2 saturated heterocycles. The number of nitrogens with zero attached hydrogens (tertiary/aromatic N) is 2. The monoisotopic (exact) mass is 296 g/mol. The second-order valence-electron chi connectivity index (χ2n) is 6.99. The first kappa shape index (κ1) is 16.1. The summed E-state index contributed by atoms with van der Waals surface area (Å²) >= 11 is 0. The summed E-state index contributed by atoms with van der Waals surface area (Å²) in [5.74, 6) is -0.210. The van der Waals surface area contributed by atoms with E-state index in [1.54, 1.807) is 4.90 Å². The van der Waals surface area contributed by atoms with Gasteiger partial charge in [0.05, 0.1) is 5.41 Å². The second kappa shape index (κ2) is 6.24. The Morgan fingerprint density at radius 3 is 2.57 bits per heavy atom. The molecule has 2 aliphatic heterocycles. The number of carboxylic acids is 1. The van der Waals surface area contributed by atoms with E-state index in [0.717, 1.165) is 25.8 Å². The van der Waals surface area contributed by atoms with Gasteiger partial charge in [-0.3, -0.25) is 4.79 Å². The van der Waals surface area contributed by atoms with Crippen LogP contribution in [0.25, 0.3) is 0 Å². The molecule has 2 fully saturated rings. The fraction of sp³-hybridized carbons (Fsp3) is 0.875. The number of carbonyl (C=O) groups excluding carboxylic acids is 1. The van der Waals surface area contributed by atoms with Crippen molar-refractivity contribution >= 4 is 12.0 Å². The number of hydrogen-bond acceptors (Lipinski definition) is 2. The van der Waals surface area contributed by atoms with Crippen molar-refractivity contribution in [3.8, 4) is 0 Å². The highest BCUT2D eigenvalue weighted by Crippen LogP contribution is 2.36. The number of piperidine rings is 1. The third-order valence-electron chi connectivity index (χ3n) is 5.06. The number of rotatable bonds is 3. The number of aliphatic carboxylic acids is 1. The minimum Gasteiger partial charge on any atom is -0.481 e. The molecule has 0 spiro atoms. The first-order valence-corrected chi connectivity index (χ1v) is 8.18. The Balaban J connectivity index is 2.09. The Labute approximate surface area is 127 Å². The highest BCUT2D eigenvalue weighted by atomic mass is 16.4. The highest BCUT2D eigenvalue weighted by Gasteiger charge is 2.44. The Kier molecular flexibility index (Phi) is 4.79. The molecule has 5 nitrogen and oxygen atoms in total. The average Bonchev–Trinajstić information content (AvgIpc) is 2.77. The van der Waals surface area contributed by atoms with Crippen molar-refractivity contribution in [2.45, 2.75) is 58.9 Å². The Hall–Kier alpha value is -1.26. The number of amides is 2. The minimum atomic E-state index is -0.746. The van der Waals surface area contributed by atoms with Crippen LogP contribution in [0.1, 0.15) is 52.9 Å². The molecule has 0 radical (unpaired) electrons. The number of likely N-dealkylation sites (tertiary alicyclic amines) is 2. The molecule has 3 unspecified atom stereocenters. The lowest BCUT2D eigenvalue weighted by Crippen LogP contribution is -2.54. The molecule has 21 heavy (non-hydrogen) atoms. The molecule has 0 saturated carbocycles. The van der Waals surface area contributed by atoms with Gasteiger partial charge in [0.1, 0.15) is 0 Å². The van der Waals surface area contributed by atoms with Gasteiger partial charge in [-0.15, -0.1) is 0 Å². The van der Waals surface area contributed by atoms with Gasteiger partial charge in [-0.25, -0.2) is 4.79 Å². The molecule has 0 bridgehead atoms. The third-order valence-corrected chi connectivity index (χ3v) is 5.06. The van der Waals surface area contributed by atoms with E-state index in [0.29, 0.717) is 31.8 Å². The van der Waals surface area contributed by atoms with Crippen molar-refractivity contribution in [2.75, 3.05) is 19.6 Å². The summed E-state index contributed by atoms with van der Waals surface area (Å²) in [4.78, 5) is 28.2. The Bertz CT molecular complexity index is 408. The van der Waals surface area contributed by atoms with Crippen LogP contribution in [0.4, 0.5) is 4.79 Å². The maximum absolute atomic E-state index is 12.7. The van der Waals surface area contributed by atoms with Crippen molar-refractivity contribution in [1.82, 2.24) is 9.80 Å². The lowest BCUT2D eigenvalue weighted by molar-refractivity contribution is -0.152. The first-order chi connectivity index (χ1) is 9.89. The van der Waals surface area contributed by atoms with E-state index >= 15 is 0 Å². The lowest BCUT2D eigenvalue weighted by Gasteiger charge is -2.41. The van der Waals surface area contributed by atoms with Gasteiger partial charge < -0.3 is 14.9 Å². The van der Waals surface area contributed by atoms with Crippen LogP contribution in [-0.2, 0) is 4.79 Å². The Morgan fingerprint density at radius 1 is 1.33 bits per heavy atom. The predicted octanol–water partition coefficient (Wildman–Crippen LogP) is 2.80. The van der Waals surface area contributed by atoms with Crippen LogP contribution in [0.2, 0.25) is 0 Å². The highest BCUT2D eigenvalue weighted by molar-refractivity contribution is 5.79. The molecule has 0 aliphatic carbocycles. The predicted molar refractivity (Wildman–Crippen MR) is 81.1 cm³/mol. The Morgan fingerprint density at radius 2 is 2.05 bits per heavy atom. The quantitative estimate of drug-likeness (QED) is 0.871. The van der Waals surface area contributed by atoms with E-state index in [4.69, 9.17) is 0 Å². The summed E-state index contributed by atoms with van der Waals surface area (Å²) in [6.45, 7) is 8.11. The van der Waals surface area contributed by atoms with E-state index in [9.17, 15) is 14.7 Å². The van der Waals surface area contributed by atoms with Gasteiger partial charge in [-0.2, -0.15) is 0 Å². The van der Waals surface area contributed by atoms with Crippen molar-refractivity contribution in [1.29, 1.82) is 0 Å². The standard InChI is InChI=1S/C16H28N2O3/c1-4-6-16(14(19)20)7-5-8-17(11-16)15(21)18-10-12(2)9-13(18)3/h12-13H,4-11H2,1-3H3,(H,19,20). The average molecular weight is 296 g/mol. The largest absolute Gasteiger partial charge is 0.481 e. The smallest absolute Gasteiger partial charge is 0.320 e. The van der Waals surface area contributed by atoms with Gasteiger partial charge in [0.25, 0.3) is 0 Å².